The Bertz CT molecular complexity index is 1650. The number of thiazole rings is 1. The van der Waals surface area contributed by atoms with Gasteiger partial charge in [0.25, 0.3) is 0 Å². The van der Waals surface area contributed by atoms with Crippen LogP contribution in [0.3, 0.4) is 0 Å². The predicted octanol–water partition coefficient (Wildman–Crippen LogP) is 4.57. The molecule has 1 aliphatic carbocycles. The van der Waals surface area contributed by atoms with E-state index in [1.165, 1.54) is 32.6 Å². The number of carbonyl (C=O) groups excluding carboxylic acids is 3. The van der Waals surface area contributed by atoms with E-state index in [2.05, 4.69) is 20.9 Å². The largest absolute Gasteiger partial charge is 0.493 e. The molecule has 0 saturated carbocycles. The van der Waals surface area contributed by atoms with Crippen LogP contribution in [-0.4, -0.2) is 56.7 Å². The van der Waals surface area contributed by atoms with E-state index in [1.54, 1.807) is 26.2 Å². The van der Waals surface area contributed by atoms with Gasteiger partial charge in [0.1, 0.15) is 6.04 Å². The van der Waals surface area contributed by atoms with Crippen molar-refractivity contribution in [2.45, 2.75) is 52.6 Å². The number of fused-ring (bicyclic) bond motifs is 3. The van der Waals surface area contributed by atoms with E-state index in [-0.39, 0.29) is 40.4 Å². The quantitative estimate of drug-likeness (QED) is 0.255. The van der Waals surface area contributed by atoms with Gasteiger partial charge < -0.3 is 34.9 Å². The van der Waals surface area contributed by atoms with Gasteiger partial charge in [-0.3, -0.25) is 14.4 Å². The van der Waals surface area contributed by atoms with Crippen molar-refractivity contribution in [3.05, 3.63) is 56.7 Å². The monoisotopic (exact) mass is 638 g/mol. The number of nitrogens with zero attached hydrogens (tertiary/aromatic N) is 1. The summed E-state index contributed by atoms with van der Waals surface area (Å²) in [5, 5.41) is 10.6. The second kappa shape index (κ2) is 14.4. The first kappa shape index (κ1) is 33.2. The number of methoxy groups -OCH3 is 3. The summed E-state index contributed by atoms with van der Waals surface area (Å²) in [6, 6.07) is 5.49. The Kier molecular flexibility index (Phi) is 10.7. The zero-order valence-electron chi connectivity index (χ0n) is 26.4. The third-order valence-electron chi connectivity index (χ3n) is 7.40. The SMILES string of the molecule is CCOC(=O)c1csc(NC(=O)[C@H](Nc2ccc3c(cc2=O)[C@@H](NC(C)=O)CCc2cc(OC)c(OC)c(OC)c2-3)C(C)C)n1. The molecule has 0 saturated heterocycles. The molecule has 2 atom stereocenters. The maximum Gasteiger partial charge on any atom is 0.357 e. The van der Waals surface area contributed by atoms with Gasteiger partial charge >= 0.3 is 5.97 Å². The van der Waals surface area contributed by atoms with Crippen molar-refractivity contribution in [3.63, 3.8) is 0 Å². The number of amides is 2. The fourth-order valence-corrected chi connectivity index (χ4v) is 6.03. The van der Waals surface area contributed by atoms with Gasteiger partial charge in [-0.2, -0.15) is 0 Å². The molecule has 45 heavy (non-hydrogen) atoms. The van der Waals surface area contributed by atoms with E-state index in [4.69, 9.17) is 18.9 Å². The van der Waals surface area contributed by atoms with E-state index in [1.807, 2.05) is 19.9 Å². The molecule has 1 aliphatic rings. The van der Waals surface area contributed by atoms with Gasteiger partial charge in [0.2, 0.25) is 23.0 Å². The van der Waals surface area contributed by atoms with Crippen molar-refractivity contribution in [1.29, 1.82) is 0 Å². The number of ether oxygens (including phenoxy) is 4. The third-order valence-corrected chi connectivity index (χ3v) is 8.15. The van der Waals surface area contributed by atoms with Crippen LogP contribution in [0.25, 0.3) is 11.1 Å². The summed E-state index contributed by atoms with van der Waals surface area (Å²) in [7, 11) is 4.60. The lowest BCUT2D eigenvalue weighted by Crippen LogP contribution is -2.39. The molecule has 1 aromatic heterocycles. The molecule has 0 unspecified atom stereocenters. The molecule has 240 valence electrons. The highest BCUT2D eigenvalue weighted by Crippen LogP contribution is 2.50. The molecule has 1 heterocycles. The van der Waals surface area contributed by atoms with E-state index in [0.717, 1.165) is 22.5 Å². The lowest BCUT2D eigenvalue weighted by molar-refractivity contribution is -0.120. The highest BCUT2D eigenvalue weighted by atomic mass is 32.1. The molecule has 0 bridgehead atoms. The van der Waals surface area contributed by atoms with E-state index >= 15 is 0 Å². The molecule has 12 nitrogen and oxygen atoms in total. The number of esters is 1. The second-order valence-corrected chi connectivity index (χ2v) is 11.6. The van der Waals surface area contributed by atoms with Crippen molar-refractivity contribution in [1.82, 2.24) is 10.3 Å². The highest BCUT2D eigenvalue weighted by Gasteiger charge is 2.30. The number of aromatic nitrogens is 1. The maximum atomic E-state index is 13.8. The van der Waals surface area contributed by atoms with Crippen LogP contribution in [0.5, 0.6) is 17.2 Å². The number of anilines is 2. The number of nitrogens with one attached hydrogen (secondary N) is 3. The molecule has 3 N–H and O–H groups in total. The fraction of sp³-hybridized carbons (Fsp3) is 0.406. The highest BCUT2D eigenvalue weighted by molar-refractivity contribution is 7.14. The lowest BCUT2D eigenvalue weighted by Gasteiger charge is -2.21. The number of hydrogen-bond acceptors (Lipinski definition) is 11. The molecule has 2 aromatic carbocycles. The van der Waals surface area contributed by atoms with Crippen molar-refractivity contribution in [2.75, 3.05) is 38.6 Å². The van der Waals surface area contributed by atoms with Gasteiger partial charge in [0.05, 0.1) is 39.7 Å². The molecular formula is C32H38N4O8S. The Balaban J connectivity index is 1.78. The molecule has 2 amide bonds. The second-order valence-electron chi connectivity index (χ2n) is 10.7. The Hall–Kier alpha value is -4.65. The number of hydrogen-bond donors (Lipinski definition) is 3. The van der Waals surface area contributed by atoms with Gasteiger partial charge in [-0.15, -0.1) is 11.3 Å². The van der Waals surface area contributed by atoms with Crippen LogP contribution in [-0.2, 0) is 20.7 Å². The van der Waals surface area contributed by atoms with Crippen molar-refractivity contribution < 1.29 is 33.3 Å². The zero-order valence-corrected chi connectivity index (χ0v) is 27.2. The van der Waals surface area contributed by atoms with Crippen LogP contribution in [0.4, 0.5) is 10.8 Å². The summed E-state index contributed by atoms with van der Waals surface area (Å²) in [4.78, 5) is 55.6. The lowest BCUT2D eigenvalue weighted by atomic mass is 9.95. The minimum atomic E-state index is -0.827. The Labute approximate surface area is 265 Å². The third kappa shape index (κ3) is 7.19. The van der Waals surface area contributed by atoms with Crippen LogP contribution in [0.2, 0.25) is 0 Å². The standard InChI is InChI=1S/C32H38N4O8S/c1-8-44-31(40)23-15-45-32(35-23)36-30(39)27(16(2)3)34-22-12-10-19-20(14-24(22)38)21(33-17(4)37)11-9-18-13-25(41-5)28(42-6)29(43-7)26(18)19/h10,12-16,21,27H,8-9,11H2,1-7H3,(H,33,37)(H,34,38)(H,35,36,39)/t21-,27+/m0/s1. The molecule has 0 spiro atoms. The van der Waals surface area contributed by atoms with Crippen LogP contribution in [0, 0.1) is 5.92 Å². The van der Waals surface area contributed by atoms with Gasteiger partial charge in [-0.1, -0.05) is 19.9 Å². The molecule has 0 radical (unpaired) electrons. The average molecular weight is 639 g/mol. The van der Waals surface area contributed by atoms with Crippen LogP contribution in [0.15, 0.2) is 34.4 Å². The van der Waals surface area contributed by atoms with Crippen molar-refractivity contribution in [2.24, 2.45) is 5.92 Å². The maximum absolute atomic E-state index is 13.8. The topological polar surface area (TPSA) is 154 Å². The molecule has 4 rings (SSSR count). The van der Waals surface area contributed by atoms with Gasteiger partial charge in [0, 0.05) is 17.9 Å². The summed E-state index contributed by atoms with van der Waals surface area (Å²) in [5.41, 5.74) is 2.81. The first-order valence-electron chi connectivity index (χ1n) is 14.5. The minimum Gasteiger partial charge on any atom is -0.493 e. The predicted molar refractivity (Wildman–Crippen MR) is 172 cm³/mol. The first-order chi connectivity index (χ1) is 21.5. The van der Waals surface area contributed by atoms with Crippen molar-refractivity contribution in [3.8, 4) is 28.4 Å². The summed E-state index contributed by atoms with van der Waals surface area (Å²) in [6.07, 6.45) is 1.09. The summed E-state index contributed by atoms with van der Waals surface area (Å²) in [6.45, 7) is 7.03. The Morgan fingerprint density at radius 3 is 2.42 bits per heavy atom. The summed E-state index contributed by atoms with van der Waals surface area (Å²) in [5.74, 6) is -0.132. The van der Waals surface area contributed by atoms with Gasteiger partial charge in [0.15, 0.2) is 22.3 Å². The molecular weight excluding hydrogens is 600 g/mol. The Morgan fingerprint density at radius 2 is 1.80 bits per heavy atom. The number of rotatable bonds is 11. The molecule has 0 fully saturated rings. The molecule has 3 aromatic rings. The number of aryl methyl sites for hydroxylation is 1. The molecule has 13 heteroatoms. The smallest absolute Gasteiger partial charge is 0.357 e. The van der Waals surface area contributed by atoms with Crippen LogP contribution in [0.1, 0.15) is 61.8 Å². The first-order valence-corrected chi connectivity index (χ1v) is 15.4. The summed E-state index contributed by atoms with van der Waals surface area (Å²) >= 11 is 1.10. The minimum absolute atomic E-state index is 0.100. The average Bonchev–Trinajstić information content (AvgIpc) is 3.34. The fourth-order valence-electron chi connectivity index (χ4n) is 5.34. The Morgan fingerprint density at radius 1 is 1.07 bits per heavy atom. The van der Waals surface area contributed by atoms with E-state index < -0.39 is 24.0 Å². The molecule has 0 aliphatic heterocycles. The zero-order chi connectivity index (χ0) is 32.8. The van der Waals surface area contributed by atoms with E-state index in [9.17, 15) is 19.2 Å². The normalized spacial score (nSPS) is 14.3. The van der Waals surface area contributed by atoms with Crippen LogP contribution < -0.4 is 35.6 Å². The van der Waals surface area contributed by atoms with Gasteiger partial charge in [-0.05, 0) is 60.6 Å². The van der Waals surface area contributed by atoms with Gasteiger partial charge in [-0.25, -0.2) is 9.78 Å². The van der Waals surface area contributed by atoms with Crippen LogP contribution >= 0.6 is 11.3 Å². The van der Waals surface area contributed by atoms with Crippen molar-refractivity contribution >= 4 is 39.9 Å². The van der Waals surface area contributed by atoms with E-state index in [0.29, 0.717) is 41.2 Å². The number of carbonyl (C=O) groups is 3. The summed E-state index contributed by atoms with van der Waals surface area (Å²) < 4.78 is 22.0. The number of benzene rings is 1.